The van der Waals surface area contributed by atoms with Gasteiger partial charge >= 0.3 is 0 Å². The van der Waals surface area contributed by atoms with Gasteiger partial charge < -0.3 is 10.6 Å². The summed E-state index contributed by atoms with van der Waals surface area (Å²) in [6.07, 6.45) is 3.28. The van der Waals surface area contributed by atoms with E-state index in [1.807, 2.05) is 19.1 Å². The van der Waals surface area contributed by atoms with E-state index in [4.69, 9.17) is 23.2 Å². The van der Waals surface area contributed by atoms with Crippen LogP contribution in [0.5, 0.6) is 0 Å². The molecule has 1 saturated carbocycles. The maximum absolute atomic E-state index is 11.8. The minimum atomic E-state index is 0. The number of hydrogen-bond donors (Lipinski definition) is 2. The molecule has 1 aromatic carbocycles. The van der Waals surface area contributed by atoms with Crippen LogP contribution in [-0.4, -0.2) is 25.0 Å². The number of carbonyl (C=O) groups is 1. The van der Waals surface area contributed by atoms with Gasteiger partial charge in [0.2, 0.25) is 5.91 Å². The second kappa shape index (κ2) is 8.84. The molecule has 0 heterocycles. The smallest absolute Gasteiger partial charge is 0.234 e. The maximum Gasteiger partial charge on any atom is 0.234 e. The number of amides is 1. The summed E-state index contributed by atoms with van der Waals surface area (Å²) in [6.45, 7) is 3.31. The molecule has 1 unspecified atom stereocenters. The van der Waals surface area contributed by atoms with Gasteiger partial charge in [-0.1, -0.05) is 29.3 Å². The first-order valence-electron chi connectivity index (χ1n) is 6.98. The number of carbonyl (C=O) groups excluding carboxylic acids is 1. The van der Waals surface area contributed by atoms with Crippen LogP contribution < -0.4 is 10.6 Å². The fourth-order valence-corrected chi connectivity index (χ4v) is 2.59. The molecule has 2 N–H and O–H groups in total. The van der Waals surface area contributed by atoms with Crippen LogP contribution in [0.15, 0.2) is 18.2 Å². The van der Waals surface area contributed by atoms with E-state index in [0.29, 0.717) is 23.0 Å². The summed E-state index contributed by atoms with van der Waals surface area (Å²) in [5, 5.41) is 7.42. The van der Waals surface area contributed by atoms with Gasteiger partial charge in [-0.15, -0.1) is 12.4 Å². The van der Waals surface area contributed by atoms with E-state index < -0.39 is 0 Å². The molecule has 0 saturated heterocycles. The van der Waals surface area contributed by atoms with Crippen molar-refractivity contribution in [1.29, 1.82) is 0 Å². The van der Waals surface area contributed by atoms with Gasteiger partial charge in [-0.25, -0.2) is 0 Å². The number of halogens is 3. The first-order valence-corrected chi connectivity index (χ1v) is 7.74. The summed E-state index contributed by atoms with van der Waals surface area (Å²) in [4.78, 5) is 11.8. The summed E-state index contributed by atoms with van der Waals surface area (Å²) in [7, 11) is 0. The van der Waals surface area contributed by atoms with Gasteiger partial charge in [-0.05, 0) is 56.3 Å². The Bertz CT molecular complexity index is 478. The zero-order valence-corrected chi connectivity index (χ0v) is 14.3. The van der Waals surface area contributed by atoms with Crippen LogP contribution in [0.1, 0.15) is 25.3 Å². The largest absolute Gasteiger partial charge is 0.352 e. The Kier molecular flexibility index (Phi) is 7.82. The Labute approximate surface area is 142 Å². The lowest BCUT2D eigenvalue weighted by Crippen LogP contribution is -2.40. The van der Waals surface area contributed by atoms with Crippen LogP contribution in [0, 0.1) is 5.92 Å². The second-order valence-electron chi connectivity index (χ2n) is 5.48. The Balaban J connectivity index is 0.00000220. The third kappa shape index (κ3) is 6.88. The number of rotatable bonds is 7. The first-order chi connectivity index (χ1) is 9.54. The first kappa shape index (κ1) is 18.6. The highest BCUT2D eigenvalue weighted by atomic mass is 35.5. The van der Waals surface area contributed by atoms with Crippen molar-refractivity contribution in [3.8, 4) is 0 Å². The van der Waals surface area contributed by atoms with E-state index in [9.17, 15) is 4.79 Å². The third-order valence-electron chi connectivity index (χ3n) is 3.36. The highest BCUT2D eigenvalue weighted by Crippen LogP contribution is 2.27. The van der Waals surface area contributed by atoms with E-state index in [0.717, 1.165) is 18.0 Å². The van der Waals surface area contributed by atoms with Crippen LogP contribution in [0.2, 0.25) is 10.0 Å². The summed E-state index contributed by atoms with van der Waals surface area (Å²) < 4.78 is 0. The molecule has 118 valence electrons. The molecule has 1 fully saturated rings. The maximum atomic E-state index is 11.8. The van der Waals surface area contributed by atoms with Crippen LogP contribution in [0.3, 0.4) is 0 Å². The summed E-state index contributed by atoms with van der Waals surface area (Å²) >= 11 is 12.0. The standard InChI is InChI=1S/C15H20Cl2N2O.ClH/c1-10(6-12-4-5-13(16)7-14(12)17)19-15(20)9-18-8-11-2-3-11;/h4-5,7,10-11,18H,2-3,6,8-9H2,1H3,(H,19,20);1H. The van der Waals surface area contributed by atoms with Crippen molar-refractivity contribution >= 4 is 41.5 Å². The zero-order chi connectivity index (χ0) is 14.5. The predicted octanol–water partition coefficient (Wildman–Crippen LogP) is 3.46. The van der Waals surface area contributed by atoms with Crippen molar-refractivity contribution in [2.45, 2.75) is 32.2 Å². The SMILES string of the molecule is CC(Cc1ccc(Cl)cc1Cl)NC(=O)CNCC1CC1.Cl. The lowest BCUT2D eigenvalue weighted by molar-refractivity contribution is -0.120. The lowest BCUT2D eigenvalue weighted by Gasteiger charge is -2.15. The predicted molar refractivity (Wildman–Crippen MR) is 90.6 cm³/mol. The van der Waals surface area contributed by atoms with Crippen molar-refractivity contribution < 1.29 is 4.79 Å². The van der Waals surface area contributed by atoms with Crippen molar-refractivity contribution in [2.24, 2.45) is 5.92 Å². The Morgan fingerprint density at radius 2 is 2.10 bits per heavy atom. The van der Waals surface area contributed by atoms with Gasteiger partial charge in [0.1, 0.15) is 0 Å². The van der Waals surface area contributed by atoms with E-state index in [-0.39, 0.29) is 24.4 Å². The lowest BCUT2D eigenvalue weighted by atomic mass is 10.1. The van der Waals surface area contributed by atoms with Gasteiger partial charge in [0.25, 0.3) is 0 Å². The van der Waals surface area contributed by atoms with Gasteiger partial charge in [0.15, 0.2) is 0 Å². The molecule has 1 atom stereocenters. The Morgan fingerprint density at radius 1 is 1.38 bits per heavy atom. The second-order valence-corrected chi connectivity index (χ2v) is 6.33. The van der Waals surface area contributed by atoms with E-state index in [1.54, 1.807) is 6.07 Å². The molecule has 0 spiro atoms. The summed E-state index contributed by atoms with van der Waals surface area (Å²) in [6, 6.07) is 5.49. The van der Waals surface area contributed by atoms with Gasteiger partial charge in [-0.3, -0.25) is 4.79 Å². The average molecular weight is 352 g/mol. The van der Waals surface area contributed by atoms with Crippen molar-refractivity contribution in [2.75, 3.05) is 13.1 Å². The van der Waals surface area contributed by atoms with Gasteiger partial charge in [0.05, 0.1) is 6.54 Å². The molecule has 0 aliphatic heterocycles. The molecule has 0 aromatic heterocycles. The quantitative estimate of drug-likeness (QED) is 0.790. The molecule has 1 aliphatic rings. The molecule has 0 radical (unpaired) electrons. The number of nitrogens with one attached hydrogen (secondary N) is 2. The van der Waals surface area contributed by atoms with Crippen molar-refractivity contribution in [1.82, 2.24) is 10.6 Å². The monoisotopic (exact) mass is 350 g/mol. The van der Waals surface area contributed by atoms with E-state index in [2.05, 4.69) is 10.6 Å². The summed E-state index contributed by atoms with van der Waals surface area (Å²) in [5.74, 6) is 0.816. The molecule has 21 heavy (non-hydrogen) atoms. The third-order valence-corrected chi connectivity index (χ3v) is 3.95. The molecule has 1 amide bonds. The normalized spacial score (nSPS) is 15.2. The molecule has 0 bridgehead atoms. The number of hydrogen-bond acceptors (Lipinski definition) is 2. The van der Waals surface area contributed by atoms with Gasteiger partial charge in [-0.2, -0.15) is 0 Å². The van der Waals surface area contributed by atoms with Crippen molar-refractivity contribution in [3.05, 3.63) is 33.8 Å². The molecule has 1 aliphatic carbocycles. The van der Waals surface area contributed by atoms with E-state index >= 15 is 0 Å². The van der Waals surface area contributed by atoms with Crippen LogP contribution in [0.25, 0.3) is 0 Å². The molecule has 3 nitrogen and oxygen atoms in total. The minimum absolute atomic E-state index is 0. The molecule has 6 heteroatoms. The van der Waals surface area contributed by atoms with E-state index in [1.165, 1.54) is 12.8 Å². The molecular formula is C15H21Cl3N2O. The Hall–Kier alpha value is -0.480. The van der Waals surface area contributed by atoms with Gasteiger partial charge in [0, 0.05) is 16.1 Å². The fourth-order valence-electron chi connectivity index (χ4n) is 2.11. The summed E-state index contributed by atoms with van der Waals surface area (Å²) in [5.41, 5.74) is 0.995. The average Bonchev–Trinajstić information content (AvgIpc) is 3.17. The van der Waals surface area contributed by atoms with Crippen LogP contribution in [-0.2, 0) is 11.2 Å². The highest BCUT2D eigenvalue weighted by molar-refractivity contribution is 6.35. The Morgan fingerprint density at radius 3 is 2.71 bits per heavy atom. The highest BCUT2D eigenvalue weighted by Gasteiger charge is 2.20. The molecular weight excluding hydrogens is 331 g/mol. The minimum Gasteiger partial charge on any atom is -0.352 e. The van der Waals surface area contributed by atoms with Crippen molar-refractivity contribution in [3.63, 3.8) is 0 Å². The van der Waals surface area contributed by atoms with Crippen LogP contribution >= 0.6 is 35.6 Å². The van der Waals surface area contributed by atoms with Crippen LogP contribution in [0.4, 0.5) is 0 Å². The molecule has 1 aromatic rings. The topological polar surface area (TPSA) is 41.1 Å². The zero-order valence-electron chi connectivity index (χ0n) is 12.0. The fraction of sp³-hybridized carbons (Fsp3) is 0.533. The number of benzene rings is 1. The molecule has 2 rings (SSSR count).